The molecule has 0 radical (unpaired) electrons. The van der Waals surface area contributed by atoms with Gasteiger partial charge in [0.1, 0.15) is 18.1 Å². The van der Waals surface area contributed by atoms with E-state index in [4.69, 9.17) is 14.2 Å². The minimum absolute atomic E-state index is 0.213. The van der Waals surface area contributed by atoms with E-state index in [1.165, 1.54) is 12.8 Å². The van der Waals surface area contributed by atoms with E-state index in [2.05, 4.69) is 4.90 Å². The molecule has 7 nitrogen and oxygen atoms in total. The second kappa shape index (κ2) is 10.1. The summed E-state index contributed by atoms with van der Waals surface area (Å²) in [5.41, 5.74) is 1.80. The molecule has 1 amide bonds. The van der Waals surface area contributed by atoms with Crippen molar-refractivity contribution in [3.05, 3.63) is 36.4 Å². The summed E-state index contributed by atoms with van der Waals surface area (Å²) in [5.74, 6) is 2.64. The van der Waals surface area contributed by atoms with Crippen LogP contribution in [0.4, 0.5) is 11.4 Å². The highest BCUT2D eigenvalue weighted by atomic mass is 16.5. The number of methoxy groups -OCH3 is 2. The van der Waals surface area contributed by atoms with Crippen LogP contribution in [0.2, 0.25) is 0 Å². The molecule has 4 rings (SSSR count). The number of anilines is 2. The Kier molecular flexibility index (Phi) is 7.27. The summed E-state index contributed by atoms with van der Waals surface area (Å²) < 4.78 is 16.2. The van der Waals surface area contributed by atoms with Crippen molar-refractivity contribution >= 4 is 17.3 Å². The van der Waals surface area contributed by atoms with Gasteiger partial charge in [0.05, 0.1) is 26.5 Å². The smallest absolute Gasteiger partial charge is 0.222 e. The van der Waals surface area contributed by atoms with Crippen LogP contribution in [-0.4, -0.2) is 56.4 Å². The second-order valence-corrected chi connectivity index (χ2v) is 7.13. The molecular weight excluding hydrogens is 384 g/mol. The van der Waals surface area contributed by atoms with E-state index in [1.807, 2.05) is 30.0 Å². The maximum absolute atomic E-state index is 10.9. The first-order chi connectivity index (χ1) is 14.6. The Morgan fingerprint density at radius 1 is 1.03 bits per heavy atom. The number of likely N-dealkylation sites (tertiary alicyclic amines) is 1. The molecule has 162 valence electrons. The largest absolute Gasteiger partial charge is 0.508 e. The van der Waals surface area contributed by atoms with Crippen molar-refractivity contribution in [2.45, 2.75) is 26.2 Å². The van der Waals surface area contributed by atoms with E-state index in [9.17, 15) is 9.90 Å². The highest BCUT2D eigenvalue weighted by Crippen LogP contribution is 2.41. The number of amides is 1. The van der Waals surface area contributed by atoms with Crippen LogP contribution in [0.1, 0.15) is 26.2 Å². The number of phenols is 1. The number of rotatable bonds is 4. The van der Waals surface area contributed by atoms with E-state index in [0.29, 0.717) is 37.0 Å². The quantitative estimate of drug-likeness (QED) is 0.817. The minimum atomic E-state index is 0.213. The zero-order valence-electron chi connectivity index (χ0n) is 17.9. The average Bonchev–Trinajstić information content (AvgIpc) is 3.33. The third-order valence-electron chi connectivity index (χ3n) is 5.25. The first-order valence-corrected chi connectivity index (χ1v) is 10.3. The fourth-order valence-corrected chi connectivity index (χ4v) is 3.66. The van der Waals surface area contributed by atoms with Crippen molar-refractivity contribution in [3.8, 4) is 23.0 Å². The van der Waals surface area contributed by atoms with Crippen LogP contribution in [0, 0.1) is 0 Å². The van der Waals surface area contributed by atoms with Gasteiger partial charge in [-0.25, -0.2) is 0 Å². The molecule has 1 saturated heterocycles. The molecule has 2 aliphatic rings. The molecule has 2 aromatic carbocycles. The normalized spacial score (nSPS) is 14.9. The third-order valence-corrected chi connectivity index (χ3v) is 5.25. The molecule has 7 heteroatoms. The van der Waals surface area contributed by atoms with Crippen molar-refractivity contribution in [1.82, 2.24) is 4.90 Å². The van der Waals surface area contributed by atoms with Gasteiger partial charge in [0.25, 0.3) is 0 Å². The Bertz CT molecular complexity index is 865. The molecule has 30 heavy (non-hydrogen) atoms. The summed E-state index contributed by atoms with van der Waals surface area (Å²) in [7, 11) is 3.22. The maximum Gasteiger partial charge on any atom is 0.222 e. The van der Waals surface area contributed by atoms with Crippen molar-refractivity contribution in [1.29, 1.82) is 0 Å². The van der Waals surface area contributed by atoms with Crippen molar-refractivity contribution in [3.63, 3.8) is 0 Å². The fourth-order valence-electron chi connectivity index (χ4n) is 3.66. The van der Waals surface area contributed by atoms with Gasteiger partial charge in [-0.1, -0.05) is 6.92 Å². The highest BCUT2D eigenvalue weighted by molar-refractivity contribution is 5.76. The van der Waals surface area contributed by atoms with Crippen LogP contribution in [0.5, 0.6) is 23.0 Å². The van der Waals surface area contributed by atoms with Gasteiger partial charge in [0, 0.05) is 37.3 Å². The Hall–Kier alpha value is -3.09. The molecule has 0 saturated carbocycles. The maximum atomic E-state index is 10.9. The second-order valence-electron chi connectivity index (χ2n) is 7.13. The summed E-state index contributed by atoms with van der Waals surface area (Å²) in [6.07, 6.45) is 3.07. The van der Waals surface area contributed by atoms with Gasteiger partial charge >= 0.3 is 0 Å². The van der Waals surface area contributed by atoms with Crippen molar-refractivity contribution in [2.24, 2.45) is 0 Å². The van der Waals surface area contributed by atoms with E-state index in [-0.39, 0.29) is 5.75 Å². The molecule has 1 fully saturated rings. The predicted molar refractivity (Wildman–Crippen MR) is 116 cm³/mol. The van der Waals surface area contributed by atoms with Crippen LogP contribution < -0.4 is 19.1 Å². The van der Waals surface area contributed by atoms with Gasteiger partial charge in [0.15, 0.2) is 11.5 Å². The standard InChI is InChI=1S/C16H17NO4.C7H13NO/c1-19-15-5-3-11(9-16(15)20-2)17-7-8-21-14-6-4-12(18)10-13(14)17;1-2-7(9)8-5-3-4-6-8/h3-6,9-10,18H,7-8H2,1-2H3;2-6H2,1H3. The molecule has 0 unspecified atom stereocenters. The molecule has 0 aliphatic carbocycles. The fraction of sp³-hybridized carbons (Fsp3) is 0.435. The number of hydrogen-bond donors (Lipinski definition) is 1. The number of carbonyl (C=O) groups is 1. The molecule has 0 atom stereocenters. The van der Waals surface area contributed by atoms with E-state index in [1.54, 1.807) is 32.4 Å². The monoisotopic (exact) mass is 414 g/mol. The summed E-state index contributed by atoms with van der Waals surface area (Å²) in [5, 5.41) is 9.71. The lowest BCUT2D eigenvalue weighted by Crippen LogP contribution is -2.28. The summed E-state index contributed by atoms with van der Waals surface area (Å²) in [6, 6.07) is 10.8. The molecule has 0 bridgehead atoms. The Morgan fingerprint density at radius 3 is 2.43 bits per heavy atom. The predicted octanol–water partition coefficient (Wildman–Crippen LogP) is 3.96. The highest BCUT2D eigenvalue weighted by Gasteiger charge is 2.21. The zero-order valence-corrected chi connectivity index (χ0v) is 17.9. The van der Waals surface area contributed by atoms with E-state index >= 15 is 0 Å². The number of fused-ring (bicyclic) bond motifs is 1. The zero-order chi connectivity index (χ0) is 21.5. The van der Waals surface area contributed by atoms with Crippen LogP contribution in [0.25, 0.3) is 0 Å². The first-order valence-electron chi connectivity index (χ1n) is 10.3. The van der Waals surface area contributed by atoms with Crippen molar-refractivity contribution < 1.29 is 24.1 Å². The van der Waals surface area contributed by atoms with Crippen LogP contribution in [0.3, 0.4) is 0 Å². The molecule has 2 heterocycles. The number of aromatic hydroxyl groups is 1. The first kappa shape index (κ1) is 21.6. The summed E-state index contributed by atoms with van der Waals surface area (Å²) in [6.45, 7) is 5.19. The van der Waals surface area contributed by atoms with Crippen LogP contribution in [-0.2, 0) is 4.79 Å². The Balaban J connectivity index is 0.000000239. The van der Waals surface area contributed by atoms with Gasteiger partial charge < -0.3 is 29.1 Å². The number of nitrogens with zero attached hydrogens (tertiary/aromatic N) is 2. The number of hydrogen-bond acceptors (Lipinski definition) is 6. The number of benzene rings is 2. The van der Waals surface area contributed by atoms with Crippen molar-refractivity contribution in [2.75, 3.05) is 45.4 Å². The van der Waals surface area contributed by atoms with Crippen LogP contribution >= 0.6 is 0 Å². The topological polar surface area (TPSA) is 71.5 Å². The third kappa shape index (κ3) is 4.90. The SMILES string of the molecule is CCC(=O)N1CCCC1.COc1ccc(N2CCOc3ccc(O)cc32)cc1OC. The number of ether oxygens (including phenoxy) is 3. The molecule has 0 aromatic heterocycles. The van der Waals surface area contributed by atoms with Crippen LogP contribution in [0.15, 0.2) is 36.4 Å². The molecule has 2 aliphatic heterocycles. The number of phenolic OH excluding ortho intramolecular Hbond substituents is 1. The summed E-state index contributed by atoms with van der Waals surface area (Å²) >= 11 is 0. The van der Waals surface area contributed by atoms with Gasteiger partial charge in [-0.15, -0.1) is 0 Å². The molecule has 2 aromatic rings. The lowest BCUT2D eigenvalue weighted by molar-refractivity contribution is -0.129. The number of carbonyl (C=O) groups excluding carboxylic acids is 1. The van der Waals surface area contributed by atoms with Gasteiger partial charge in [-0.3, -0.25) is 4.79 Å². The Labute approximate surface area is 177 Å². The van der Waals surface area contributed by atoms with Gasteiger partial charge in [0.2, 0.25) is 5.91 Å². The van der Waals surface area contributed by atoms with Gasteiger partial charge in [-0.05, 0) is 37.1 Å². The van der Waals surface area contributed by atoms with E-state index in [0.717, 1.165) is 30.2 Å². The molecule has 1 N–H and O–H groups in total. The average molecular weight is 415 g/mol. The summed E-state index contributed by atoms with van der Waals surface area (Å²) in [4.78, 5) is 15.0. The van der Waals surface area contributed by atoms with E-state index < -0.39 is 0 Å². The lowest BCUT2D eigenvalue weighted by Gasteiger charge is -2.31. The minimum Gasteiger partial charge on any atom is -0.508 e. The Morgan fingerprint density at radius 2 is 1.77 bits per heavy atom. The molecule has 0 spiro atoms. The lowest BCUT2D eigenvalue weighted by atomic mass is 10.2. The molecular formula is C23H30N2O5. The van der Waals surface area contributed by atoms with Gasteiger partial charge in [-0.2, -0.15) is 0 Å².